The SMILES string of the molecule is O=S(=O)(O)C(c1ccccc1)(c1cc(Cl)c(Cl)cc1O)c1cc(Cl)c(Cl)cc1O. The summed E-state index contributed by atoms with van der Waals surface area (Å²) in [6.07, 6.45) is 0. The van der Waals surface area contributed by atoms with E-state index in [1.807, 2.05) is 0 Å². The first-order valence-corrected chi connectivity index (χ1v) is 10.8. The fourth-order valence-corrected chi connectivity index (χ4v) is 5.15. The third kappa shape index (κ3) is 3.65. The maximum absolute atomic E-state index is 12.9. The summed E-state index contributed by atoms with van der Waals surface area (Å²) < 4.78 is 33.8. The van der Waals surface area contributed by atoms with E-state index in [9.17, 15) is 23.2 Å². The van der Waals surface area contributed by atoms with E-state index in [0.29, 0.717) is 0 Å². The molecule has 0 atom stereocenters. The lowest BCUT2D eigenvalue weighted by atomic mass is 9.83. The number of phenolic OH excluding ortho intramolecular Hbond substituents is 2. The molecular formula is C19H12Cl4O5S. The fourth-order valence-electron chi connectivity index (χ4n) is 3.19. The van der Waals surface area contributed by atoms with Crippen molar-refractivity contribution in [2.24, 2.45) is 0 Å². The third-order valence-electron chi connectivity index (χ3n) is 4.40. The van der Waals surface area contributed by atoms with Gasteiger partial charge in [-0.15, -0.1) is 0 Å². The molecule has 3 rings (SSSR count). The lowest BCUT2D eigenvalue weighted by Gasteiger charge is -2.33. The highest BCUT2D eigenvalue weighted by atomic mass is 35.5. The molecule has 0 saturated heterocycles. The Labute approximate surface area is 186 Å². The van der Waals surface area contributed by atoms with E-state index < -0.39 is 26.4 Å². The molecular weight excluding hydrogens is 482 g/mol. The standard InChI is InChI=1S/C19H12Cl4O5S/c20-13-6-11(17(24)8-15(13)22)19(29(26,27)28,10-4-2-1-3-5-10)12-7-14(21)16(23)9-18(12)25/h1-9,24-25H,(H,26,27,28). The third-order valence-corrected chi connectivity index (χ3v) is 7.30. The molecule has 29 heavy (non-hydrogen) atoms. The van der Waals surface area contributed by atoms with Gasteiger partial charge in [0.15, 0.2) is 4.75 Å². The predicted molar refractivity (Wildman–Crippen MR) is 114 cm³/mol. The van der Waals surface area contributed by atoms with Crippen LogP contribution in [0.5, 0.6) is 11.5 Å². The molecule has 3 N–H and O–H groups in total. The van der Waals surface area contributed by atoms with Crippen LogP contribution in [0.1, 0.15) is 16.7 Å². The molecule has 0 bridgehead atoms. The van der Waals surface area contributed by atoms with Gasteiger partial charge in [0.25, 0.3) is 10.1 Å². The minimum Gasteiger partial charge on any atom is -0.508 e. The molecule has 0 fully saturated rings. The van der Waals surface area contributed by atoms with Crippen molar-refractivity contribution in [1.29, 1.82) is 0 Å². The van der Waals surface area contributed by atoms with E-state index in [2.05, 4.69) is 0 Å². The Morgan fingerprint density at radius 2 is 1.07 bits per heavy atom. The van der Waals surface area contributed by atoms with Crippen molar-refractivity contribution in [1.82, 2.24) is 0 Å². The lowest BCUT2D eigenvalue weighted by Crippen LogP contribution is -2.38. The van der Waals surface area contributed by atoms with Gasteiger partial charge in [0, 0.05) is 23.3 Å². The Kier molecular flexibility index (Phi) is 5.98. The number of benzene rings is 3. The molecule has 152 valence electrons. The van der Waals surface area contributed by atoms with Crippen LogP contribution in [0.2, 0.25) is 20.1 Å². The molecule has 5 nitrogen and oxygen atoms in total. The molecule has 3 aromatic carbocycles. The second-order valence-corrected chi connectivity index (χ2v) is 9.28. The molecule has 0 saturated carbocycles. The van der Waals surface area contributed by atoms with Crippen LogP contribution in [0.3, 0.4) is 0 Å². The van der Waals surface area contributed by atoms with Crippen LogP contribution in [0.15, 0.2) is 54.6 Å². The van der Waals surface area contributed by atoms with Crippen LogP contribution in [-0.4, -0.2) is 23.2 Å². The molecule has 0 radical (unpaired) electrons. The van der Waals surface area contributed by atoms with E-state index in [-0.39, 0.29) is 36.8 Å². The molecule has 0 heterocycles. The topological polar surface area (TPSA) is 94.8 Å². The zero-order valence-corrected chi connectivity index (χ0v) is 18.1. The summed E-state index contributed by atoms with van der Waals surface area (Å²) in [5.74, 6) is -1.15. The number of phenols is 2. The van der Waals surface area contributed by atoms with Gasteiger partial charge >= 0.3 is 0 Å². The molecule has 0 amide bonds. The fraction of sp³-hybridized carbons (Fsp3) is 0.0526. The molecule has 0 aliphatic carbocycles. The van der Waals surface area contributed by atoms with Crippen LogP contribution in [-0.2, 0) is 14.9 Å². The van der Waals surface area contributed by atoms with Gasteiger partial charge in [0.05, 0.1) is 20.1 Å². The summed E-state index contributed by atoms with van der Waals surface area (Å²) in [5.41, 5.74) is -0.673. The maximum Gasteiger partial charge on any atom is 0.283 e. The first kappa shape index (κ1) is 22.0. The zero-order valence-electron chi connectivity index (χ0n) is 14.3. The van der Waals surface area contributed by atoms with Crippen LogP contribution >= 0.6 is 46.4 Å². The van der Waals surface area contributed by atoms with Crippen LogP contribution in [0, 0.1) is 0 Å². The summed E-state index contributed by atoms with van der Waals surface area (Å²) >= 11 is 24.0. The van der Waals surface area contributed by atoms with Crippen molar-refractivity contribution in [3.8, 4) is 11.5 Å². The largest absolute Gasteiger partial charge is 0.508 e. The molecule has 0 aliphatic rings. The maximum atomic E-state index is 12.9. The smallest absolute Gasteiger partial charge is 0.283 e. The second kappa shape index (κ2) is 7.87. The highest BCUT2D eigenvalue weighted by molar-refractivity contribution is 7.87. The van der Waals surface area contributed by atoms with Gasteiger partial charge in [-0.2, -0.15) is 8.42 Å². The molecule has 0 spiro atoms. The van der Waals surface area contributed by atoms with Crippen LogP contribution < -0.4 is 0 Å². The number of aromatic hydroxyl groups is 2. The Balaban J connectivity index is 2.62. The van der Waals surface area contributed by atoms with Crippen molar-refractivity contribution in [2.75, 3.05) is 0 Å². The predicted octanol–water partition coefficient (Wildman–Crippen LogP) is 5.89. The van der Waals surface area contributed by atoms with Gasteiger partial charge in [-0.3, -0.25) is 4.55 Å². The number of halogens is 4. The summed E-state index contributed by atoms with van der Waals surface area (Å²) in [6.45, 7) is 0. The van der Waals surface area contributed by atoms with Gasteiger partial charge in [-0.05, 0) is 17.7 Å². The molecule has 3 aromatic rings. The van der Waals surface area contributed by atoms with Crippen LogP contribution in [0.4, 0.5) is 0 Å². The molecule has 0 aliphatic heterocycles. The van der Waals surface area contributed by atoms with E-state index in [4.69, 9.17) is 46.4 Å². The van der Waals surface area contributed by atoms with E-state index in [1.165, 1.54) is 24.3 Å². The van der Waals surface area contributed by atoms with Gasteiger partial charge in [-0.1, -0.05) is 76.7 Å². The van der Waals surface area contributed by atoms with Crippen molar-refractivity contribution < 1.29 is 23.2 Å². The Bertz CT molecular complexity index is 1140. The summed E-state index contributed by atoms with van der Waals surface area (Å²) in [5, 5.41) is 20.9. The van der Waals surface area contributed by atoms with Crippen molar-refractivity contribution in [3.05, 3.63) is 91.4 Å². The van der Waals surface area contributed by atoms with Gasteiger partial charge in [0.2, 0.25) is 0 Å². The van der Waals surface area contributed by atoms with Crippen molar-refractivity contribution in [3.63, 3.8) is 0 Å². The monoisotopic (exact) mass is 492 g/mol. The Morgan fingerprint density at radius 1 is 0.690 bits per heavy atom. The number of hydrogen-bond acceptors (Lipinski definition) is 4. The first-order chi connectivity index (χ1) is 13.5. The minimum atomic E-state index is -5.11. The molecule has 0 aromatic heterocycles. The van der Waals surface area contributed by atoms with Crippen molar-refractivity contribution in [2.45, 2.75) is 4.75 Å². The van der Waals surface area contributed by atoms with Crippen molar-refractivity contribution >= 4 is 56.5 Å². The highest BCUT2D eigenvalue weighted by Crippen LogP contribution is 2.52. The molecule has 10 heteroatoms. The Hall–Kier alpha value is -1.67. The Morgan fingerprint density at radius 3 is 1.45 bits per heavy atom. The lowest BCUT2D eigenvalue weighted by molar-refractivity contribution is 0.428. The summed E-state index contributed by atoms with van der Waals surface area (Å²) in [7, 11) is -5.11. The molecule has 0 unspecified atom stereocenters. The average molecular weight is 494 g/mol. The second-order valence-electron chi connectivity index (χ2n) is 6.09. The summed E-state index contributed by atoms with van der Waals surface area (Å²) in [6, 6.07) is 11.8. The van der Waals surface area contributed by atoms with E-state index in [1.54, 1.807) is 6.07 Å². The highest BCUT2D eigenvalue weighted by Gasteiger charge is 2.52. The normalized spacial score (nSPS) is 12.2. The quantitative estimate of drug-likeness (QED) is 0.311. The van der Waals surface area contributed by atoms with Gasteiger partial charge in [0.1, 0.15) is 11.5 Å². The van der Waals surface area contributed by atoms with Crippen LogP contribution in [0.25, 0.3) is 0 Å². The summed E-state index contributed by atoms with van der Waals surface area (Å²) in [4.78, 5) is 0. The van der Waals surface area contributed by atoms with Gasteiger partial charge < -0.3 is 10.2 Å². The van der Waals surface area contributed by atoms with E-state index >= 15 is 0 Å². The van der Waals surface area contributed by atoms with E-state index in [0.717, 1.165) is 24.3 Å². The average Bonchev–Trinajstić information content (AvgIpc) is 2.63. The van der Waals surface area contributed by atoms with Gasteiger partial charge in [-0.25, -0.2) is 0 Å². The minimum absolute atomic E-state index is 0.00452. The number of rotatable bonds is 4. The first-order valence-electron chi connectivity index (χ1n) is 7.89. The zero-order chi connectivity index (χ0) is 21.6. The number of hydrogen-bond donors (Lipinski definition) is 3.